The molecule has 24 heavy (non-hydrogen) atoms. The predicted molar refractivity (Wildman–Crippen MR) is 92.7 cm³/mol. The van der Waals surface area contributed by atoms with Crippen LogP contribution in [-0.2, 0) is 14.3 Å². The molecule has 2 fully saturated rings. The SMILES string of the molecule is C[C@@H](NC1(CNC(=O)[C@@H]2CCOC2)CCOCC1)c1ccccc1. The van der Waals surface area contributed by atoms with Crippen LogP contribution >= 0.6 is 0 Å². The van der Waals surface area contributed by atoms with Crippen LogP contribution in [0.2, 0.25) is 0 Å². The first-order valence-corrected chi connectivity index (χ1v) is 8.94. The molecular weight excluding hydrogens is 304 g/mol. The van der Waals surface area contributed by atoms with Gasteiger partial charge in [0.1, 0.15) is 0 Å². The number of hydrogen-bond donors (Lipinski definition) is 2. The lowest BCUT2D eigenvalue weighted by Gasteiger charge is -2.40. The highest BCUT2D eigenvalue weighted by molar-refractivity contribution is 5.79. The Labute approximate surface area is 144 Å². The van der Waals surface area contributed by atoms with E-state index in [1.54, 1.807) is 0 Å². The van der Waals surface area contributed by atoms with Crippen molar-refractivity contribution in [3.8, 4) is 0 Å². The molecule has 0 aliphatic carbocycles. The number of amides is 1. The first kappa shape index (κ1) is 17.4. The van der Waals surface area contributed by atoms with Crippen LogP contribution in [0.3, 0.4) is 0 Å². The van der Waals surface area contributed by atoms with Gasteiger partial charge in [-0.3, -0.25) is 4.79 Å². The maximum atomic E-state index is 12.3. The van der Waals surface area contributed by atoms with Crippen molar-refractivity contribution in [2.75, 3.05) is 33.0 Å². The quantitative estimate of drug-likeness (QED) is 0.837. The topological polar surface area (TPSA) is 59.6 Å². The second-order valence-electron chi connectivity index (χ2n) is 6.95. The van der Waals surface area contributed by atoms with Crippen LogP contribution in [0.1, 0.15) is 37.8 Å². The lowest BCUT2D eigenvalue weighted by Crippen LogP contribution is -2.57. The molecule has 0 spiro atoms. The highest BCUT2D eigenvalue weighted by Crippen LogP contribution is 2.25. The van der Waals surface area contributed by atoms with Gasteiger partial charge in [0.2, 0.25) is 5.91 Å². The molecule has 5 nitrogen and oxygen atoms in total. The number of nitrogens with one attached hydrogen (secondary N) is 2. The number of ether oxygens (including phenoxy) is 2. The third-order valence-corrected chi connectivity index (χ3v) is 5.17. The lowest BCUT2D eigenvalue weighted by atomic mass is 9.88. The molecule has 1 aromatic rings. The van der Waals surface area contributed by atoms with E-state index in [1.165, 1.54) is 5.56 Å². The number of hydrogen-bond acceptors (Lipinski definition) is 4. The molecule has 2 aliphatic rings. The van der Waals surface area contributed by atoms with Crippen LogP contribution < -0.4 is 10.6 Å². The molecule has 0 unspecified atom stereocenters. The van der Waals surface area contributed by atoms with Crippen LogP contribution in [-0.4, -0.2) is 44.4 Å². The minimum atomic E-state index is -0.109. The molecule has 2 N–H and O–H groups in total. The first-order chi connectivity index (χ1) is 11.7. The van der Waals surface area contributed by atoms with Crippen molar-refractivity contribution in [1.82, 2.24) is 10.6 Å². The molecule has 0 bridgehead atoms. The molecule has 5 heteroatoms. The Bertz CT molecular complexity index is 523. The van der Waals surface area contributed by atoms with E-state index in [-0.39, 0.29) is 23.4 Å². The summed E-state index contributed by atoms with van der Waals surface area (Å²) < 4.78 is 10.9. The molecule has 1 amide bonds. The largest absolute Gasteiger partial charge is 0.381 e. The van der Waals surface area contributed by atoms with Gasteiger partial charge in [-0.05, 0) is 31.7 Å². The molecule has 2 aliphatic heterocycles. The second kappa shape index (κ2) is 8.10. The van der Waals surface area contributed by atoms with Gasteiger partial charge < -0.3 is 20.1 Å². The fourth-order valence-electron chi connectivity index (χ4n) is 3.56. The van der Waals surface area contributed by atoms with Crippen LogP contribution in [0.25, 0.3) is 0 Å². The molecule has 1 aromatic carbocycles. The average Bonchev–Trinajstić information content (AvgIpc) is 3.16. The lowest BCUT2D eigenvalue weighted by molar-refractivity contribution is -0.125. The van der Waals surface area contributed by atoms with Crippen LogP contribution in [0.5, 0.6) is 0 Å². The van der Waals surface area contributed by atoms with Crippen LogP contribution in [0.4, 0.5) is 0 Å². The molecule has 2 heterocycles. The van der Waals surface area contributed by atoms with Crippen LogP contribution in [0, 0.1) is 5.92 Å². The standard InChI is InChI=1S/C19H28N2O3/c1-15(16-5-3-2-4-6-16)21-19(8-11-23-12-9-19)14-20-18(22)17-7-10-24-13-17/h2-6,15,17,21H,7-14H2,1H3,(H,20,22)/t15-,17-/m1/s1. The van der Waals surface area contributed by atoms with Crippen molar-refractivity contribution in [2.45, 2.75) is 37.8 Å². The molecule has 2 atom stereocenters. The molecule has 0 radical (unpaired) electrons. The van der Waals surface area contributed by atoms with Crippen molar-refractivity contribution < 1.29 is 14.3 Å². The van der Waals surface area contributed by atoms with Gasteiger partial charge in [0.05, 0.1) is 12.5 Å². The average molecular weight is 332 g/mol. The van der Waals surface area contributed by atoms with Gasteiger partial charge in [-0.1, -0.05) is 30.3 Å². The van der Waals surface area contributed by atoms with Gasteiger partial charge >= 0.3 is 0 Å². The van der Waals surface area contributed by atoms with Gasteiger partial charge in [-0.15, -0.1) is 0 Å². The molecule has 2 saturated heterocycles. The molecule has 0 saturated carbocycles. The van der Waals surface area contributed by atoms with Gasteiger partial charge in [0, 0.05) is 37.9 Å². The second-order valence-corrected chi connectivity index (χ2v) is 6.95. The van der Waals surface area contributed by atoms with Gasteiger partial charge in [-0.25, -0.2) is 0 Å². The van der Waals surface area contributed by atoms with Crippen molar-refractivity contribution in [2.24, 2.45) is 5.92 Å². The number of carbonyl (C=O) groups is 1. The van der Waals surface area contributed by atoms with E-state index in [9.17, 15) is 4.79 Å². The zero-order valence-electron chi connectivity index (χ0n) is 14.4. The predicted octanol–water partition coefficient (Wildman–Crippen LogP) is 2.04. The fourth-order valence-corrected chi connectivity index (χ4v) is 3.56. The normalized spacial score (nSPS) is 24.5. The highest BCUT2D eigenvalue weighted by Gasteiger charge is 2.35. The summed E-state index contributed by atoms with van der Waals surface area (Å²) in [7, 11) is 0. The number of benzene rings is 1. The minimum Gasteiger partial charge on any atom is -0.381 e. The molecule has 0 aromatic heterocycles. The van der Waals surface area contributed by atoms with Gasteiger partial charge in [-0.2, -0.15) is 0 Å². The summed E-state index contributed by atoms with van der Waals surface area (Å²) in [6, 6.07) is 10.7. The van der Waals surface area contributed by atoms with Crippen molar-refractivity contribution in [1.29, 1.82) is 0 Å². The maximum Gasteiger partial charge on any atom is 0.225 e. The Morgan fingerprint density at radius 3 is 2.62 bits per heavy atom. The highest BCUT2D eigenvalue weighted by atomic mass is 16.5. The zero-order valence-corrected chi connectivity index (χ0v) is 14.4. The van der Waals surface area contributed by atoms with E-state index in [2.05, 4.69) is 41.8 Å². The van der Waals surface area contributed by atoms with Gasteiger partial charge in [0.25, 0.3) is 0 Å². The summed E-state index contributed by atoms with van der Waals surface area (Å²) in [6.07, 6.45) is 2.65. The minimum absolute atomic E-state index is 0.00781. The Hall–Kier alpha value is -1.43. The molecular formula is C19H28N2O3. The Morgan fingerprint density at radius 1 is 1.21 bits per heavy atom. The summed E-state index contributed by atoms with van der Waals surface area (Å²) in [5.74, 6) is 0.126. The van der Waals surface area contributed by atoms with E-state index in [4.69, 9.17) is 9.47 Å². The maximum absolute atomic E-state index is 12.3. The van der Waals surface area contributed by atoms with E-state index >= 15 is 0 Å². The third-order valence-electron chi connectivity index (χ3n) is 5.17. The smallest absolute Gasteiger partial charge is 0.225 e. The Balaban J connectivity index is 1.62. The fraction of sp³-hybridized carbons (Fsp3) is 0.632. The Morgan fingerprint density at radius 2 is 1.96 bits per heavy atom. The van der Waals surface area contributed by atoms with Crippen molar-refractivity contribution >= 4 is 5.91 Å². The molecule has 132 valence electrons. The number of carbonyl (C=O) groups excluding carboxylic acids is 1. The number of rotatable bonds is 6. The molecule has 3 rings (SSSR count). The summed E-state index contributed by atoms with van der Waals surface area (Å²) in [4.78, 5) is 12.3. The van der Waals surface area contributed by atoms with E-state index in [1.807, 2.05) is 6.07 Å². The summed E-state index contributed by atoms with van der Waals surface area (Å²) in [5, 5.41) is 6.92. The summed E-state index contributed by atoms with van der Waals surface area (Å²) in [6.45, 7) is 5.53. The van der Waals surface area contributed by atoms with Crippen LogP contribution in [0.15, 0.2) is 30.3 Å². The third kappa shape index (κ3) is 4.35. The van der Waals surface area contributed by atoms with Gasteiger partial charge in [0.15, 0.2) is 0 Å². The zero-order chi connectivity index (χ0) is 16.8. The van der Waals surface area contributed by atoms with E-state index in [0.717, 1.165) is 32.5 Å². The van der Waals surface area contributed by atoms with Crippen molar-refractivity contribution in [3.63, 3.8) is 0 Å². The van der Waals surface area contributed by atoms with E-state index < -0.39 is 0 Å². The summed E-state index contributed by atoms with van der Waals surface area (Å²) in [5.41, 5.74) is 1.15. The summed E-state index contributed by atoms with van der Waals surface area (Å²) >= 11 is 0. The monoisotopic (exact) mass is 332 g/mol. The van der Waals surface area contributed by atoms with Crippen molar-refractivity contribution in [3.05, 3.63) is 35.9 Å². The Kier molecular flexibility index (Phi) is 5.87. The van der Waals surface area contributed by atoms with E-state index in [0.29, 0.717) is 19.8 Å². The first-order valence-electron chi connectivity index (χ1n) is 8.94.